The molecule has 1 aromatic carbocycles. The summed E-state index contributed by atoms with van der Waals surface area (Å²) in [7, 11) is 1.70. The van der Waals surface area contributed by atoms with Gasteiger partial charge in [-0.1, -0.05) is 41.7 Å². The molecule has 0 aliphatic carbocycles. The number of rotatable bonds is 5. The number of aromatic nitrogens is 3. The molecule has 8 heteroatoms. The summed E-state index contributed by atoms with van der Waals surface area (Å²) < 4.78 is 6.63. The molecule has 0 saturated heterocycles. The van der Waals surface area contributed by atoms with Gasteiger partial charge in [0.1, 0.15) is 10.6 Å². The van der Waals surface area contributed by atoms with Crippen LogP contribution < -0.4 is 5.32 Å². The third-order valence-electron chi connectivity index (χ3n) is 3.69. The Labute approximate surface area is 154 Å². The third-order valence-corrected chi connectivity index (χ3v) is 4.64. The summed E-state index contributed by atoms with van der Waals surface area (Å²) in [6.45, 7) is 3.82. The molecule has 0 unspecified atom stereocenters. The Balaban J connectivity index is 1.96. The van der Waals surface area contributed by atoms with Crippen LogP contribution in [0.4, 0.5) is 5.13 Å². The predicted octanol–water partition coefficient (Wildman–Crippen LogP) is 3.28. The molecule has 0 aliphatic heterocycles. The van der Waals surface area contributed by atoms with Crippen LogP contribution in [0.5, 0.6) is 0 Å². The van der Waals surface area contributed by atoms with E-state index in [-0.39, 0.29) is 12.5 Å². The number of nitrogens with zero attached hydrogens (tertiary/aromatic N) is 3. The molecule has 0 atom stereocenters. The van der Waals surface area contributed by atoms with E-state index in [2.05, 4.69) is 15.4 Å². The van der Waals surface area contributed by atoms with E-state index >= 15 is 0 Å². The van der Waals surface area contributed by atoms with E-state index in [4.69, 9.17) is 4.74 Å². The molecule has 0 aliphatic rings. The quantitative estimate of drug-likeness (QED) is 0.697. The summed E-state index contributed by atoms with van der Waals surface area (Å²) in [6, 6.07) is 9.32. The highest BCUT2D eigenvalue weighted by Crippen LogP contribution is 2.32. The van der Waals surface area contributed by atoms with Crippen molar-refractivity contribution in [2.45, 2.75) is 13.8 Å². The highest BCUT2D eigenvalue weighted by molar-refractivity contribution is 7.18. The van der Waals surface area contributed by atoms with Gasteiger partial charge in [0.25, 0.3) is 5.91 Å². The van der Waals surface area contributed by atoms with Crippen molar-refractivity contribution in [1.29, 1.82) is 0 Å². The third kappa shape index (κ3) is 3.50. The number of carbonyl (C=O) groups is 2. The molecule has 1 amide bonds. The van der Waals surface area contributed by atoms with Crippen molar-refractivity contribution >= 4 is 28.3 Å². The molecular weight excluding hydrogens is 352 g/mol. The molecule has 26 heavy (non-hydrogen) atoms. The van der Waals surface area contributed by atoms with E-state index in [0.29, 0.717) is 21.4 Å². The topological polar surface area (TPSA) is 86.1 Å². The smallest absolute Gasteiger partial charge is 0.350 e. The van der Waals surface area contributed by atoms with Gasteiger partial charge in [0.2, 0.25) is 0 Å². The van der Waals surface area contributed by atoms with Gasteiger partial charge in [0.15, 0.2) is 5.13 Å². The van der Waals surface area contributed by atoms with Crippen molar-refractivity contribution < 1.29 is 14.3 Å². The Morgan fingerprint density at radius 1 is 1.27 bits per heavy atom. The van der Waals surface area contributed by atoms with E-state index in [1.807, 2.05) is 37.3 Å². The average molecular weight is 370 g/mol. The lowest BCUT2D eigenvalue weighted by molar-refractivity contribution is 0.0532. The van der Waals surface area contributed by atoms with Crippen molar-refractivity contribution in [3.05, 3.63) is 52.7 Å². The van der Waals surface area contributed by atoms with Crippen LogP contribution in [0.2, 0.25) is 0 Å². The van der Waals surface area contributed by atoms with Gasteiger partial charge in [-0.15, -0.1) is 0 Å². The van der Waals surface area contributed by atoms with Crippen LogP contribution in [-0.2, 0) is 11.8 Å². The minimum atomic E-state index is -0.457. The van der Waals surface area contributed by atoms with Crippen LogP contribution in [0.25, 0.3) is 11.3 Å². The number of amides is 1. The monoisotopic (exact) mass is 370 g/mol. The van der Waals surface area contributed by atoms with E-state index in [1.165, 1.54) is 4.68 Å². The van der Waals surface area contributed by atoms with Gasteiger partial charge in [-0.2, -0.15) is 5.10 Å². The molecule has 3 rings (SSSR count). The molecule has 2 heterocycles. The summed E-state index contributed by atoms with van der Waals surface area (Å²) in [5, 5.41) is 7.15. The number of esters is 1. The largest absolute Gasteiger partial charge is 0.462 e. The van der Waals surface area contributed by atoms with Crippen molar-refractivity contribution in [2.75, 3.05) is 11.9 Å². The number of hydrogen-bond donors (Lipinski definition) is 1. The number of nitrogens with one attached hydrogen (secondary N) is 1. The van der Waals surface area contributed by atoms with Crippen molar-refractivity contribution in [3.8, 4) is 11.3 Å². The second-order valence-corrected chi connectivity index (χ2v) is 6.54. The Hall–Kier alpha value is -3.00. The van der Waals surface area contributed by atoms with Gasteiger partial charge >= 0.3 is 5.97 Å². The number of aryl methyl sites for hydroxylation is 2. The fraction of sp³-hybridized carbons (Fsp3) is 0.222. The summed E-state index contributed by atoms with van der Waals surface area (Å²) in [5.41, 5.74) is 2.48. The molecule has 0 bridgehead atoms. The molecule has 0 spiro atoms. The lowest BCUT2D eigenvalue weighted by atomic mass is 10.1. The zero-order valence-corrected chi connectivity index (χ0v) is 15.5. The van der Waals surface area contributed by atoms with Gasteiger partial charge < -0.3 is 4.74 Å². The summed E-state index contributed by atoms with van der Waals surface area (Å²) in [4.78, 5) is 29.6. The first-order valence-electron chi connectivity index (χ1n) is 8.04. The lowest BCUT2D eigenvalue weighted by Gasteiger charge is -2.03. The number of ether oxygens (including phenoxy) is 1. The molecule has 0 radical (unpaired) electrons. The molecule has 0 saturated carbocycles. The van der Waals surface area contributed by atoms with Crippen LogP contribution in [-0.4, -0.2) is 33.2 Å². The number of hydrogen-bond acceptors (Lipinski definition) is 6. The molecular formula is C18H18N4O3S. The summed E-state index contributed by atoms with van der Waals surface area (Å²) in [6.07, 6.45) is 1.62. The lowest BCUT2D eigenvalue weighted by Crippen LogP contribution is -2.17. The fourth-order valence-electron chi connectivity index (χ4n) is 2.53. The highest BCUT2D eigenvalue weighted by Gasteiger charge is 2.23. The molecule has 2 aromatic heterocycles. The Morgan fingerprint density at radius 3 is 2.62 bits per heavy atom. The van der Waals surface area contributed by atoms with E-state index in [9.17, 15) is 9.59 Å². The zero-order valence-electron chi connectivity index (χ0n) is 14.6. The Kier molecular flexibility index (Phi) is 5.13. The van der Waals surface area contributed by atoms with Gasteiger partial charge in [-0.25, -0.2) is 9.78 Å². The van der Waals surface area contributed by atoms with Gasteiger partial charge in [-0.3, -0.25) is 14.8 Å². The highest BCUT2D eigenvalue weighted by atomic mass is 32.1. The van der Waals surface area contributed by atoms with Gasteiger partial charge in [0.05, 0.1) is 18.5 Å². The maximum absolute atomic E-state index is 12.5. The minimum Gasteiger partial charge on any atom is -0.462 e. The second kappa shape index (κ2) is 7.49. The van der Waals surface area contributed by atoms with Crippen LogP contribution in [0, 0.1) is 6.92 Å². The first kappa shape index (κ1) is 17.8. The van der Waals surface area contributed by atoms with Crippen molar-refractivity contribution in [3.63, 3.8) is 0 Å². The summed E-state index contributed by atoms with van der Waals surface area (Å²) in [5.74, 6) is -0.785. The summed E-state index contributed by atoms with van der Waals surface area (Å²) >= 11 is 1.09. The normalized spacial score (nSPS) is 10.6. The standard InChI is InChI=1S/C18H18N4O3S/c1-4-25-17(24)15-13(12-8-6-5-7-9-12)20-18(26-15)21-16(23)14-11(2)10-19-22(14)3/h5-10H,4H2,1-3H3,(H,20,21,23). The van der Waals surface area contributed by atoms with Crippen LogP contribution in [0.1, 0.15) is 32.6 Å². The van der Waals surface area contributed by atoms with Gasteiger partial charge in [-0.05, 0) is 19.4 Å². The Bertz CT molecular complexity index is 927. The first-order valence-corrected chi connectivity index (χ1v) is 8.86. The number of carbonyl (C=O) groups excluding carboxylic acids is 2. The second-order valence-electron chi connectivity index (χ2n) is 5.54. The fourth-order valence-corrected chi connectivity index (χ4v) is 3.41. The number of anilines is 1. The molecule has 1 N–H and O–H groups in total. The maximum Gasteiger partial charge on any atom is 0.350 e. The van der Waals surface area contributed by atoms with Crippen LogP contribution in [0.3, 0.4) is 0 Å². The van der Waals surface area contributed by atoms with Crippen LogP contribution in [0.15, 0.2) is 36.5 Å². The van der Waals surface area contributed by atoms with Gasteiger partial charge in [0, 0.05) is 12.6 Å². The predicted molar refractivity (Wildman–Crippen MR) is 99.4 cm³/mol. The number of thiazole rings is 1. The average Bonchev–Trinajstić information content (AvgIpc) is 3.19. The molecule has 3 aromatic rings. The Morgan fingerprint density at radius 2 is 2.00 bits per heavy atom. The molecule has 134 valence electrons. The van der Waals surface area contributed by atoms with E-state index < -0.39 is 5.97 Å². The first-order chi connectivity index (χ1) is 12.5. The van der Waals surface area contributed by atoms with Crippen LogP contribution >= 0.6 is 11.3 Å². The van der Waals surface area contributed by atoms with Crippen molar-refractivity contribution in [1.82, 2.24) is 14.8 Å². The minimum absolute atomic E-state index is 0.265. The SMILES string of the molecule is CCOC(=O)c1sc(NC(=O)c2c(C)cnn2C)nc1-c1ccccc1. The number of benzene rings is 1. The zero-order chi connectivity index (χ0) is 18.7. The van der Waals surface area contributed by atoms with E-state index in [1.54, 1.807) is 20.2 Å². The molecule has 7 nitrogen and oxygen atoms in total. The van der Waals surface area contributed by atoms with E-state index in [0.717, 1.165) is 22.5 Å². The maximum atomic E-state index is 12.5. The van der Waals surface area contributed by atoms with Crippen molar-refractivity contribution in [2.24, 2.45) is 7.05 Å². The molecule has 0 fully saturated rings.